The van der Waals surface area contributed by atoms with Gasteiger partial charge in [-0.2, -0.15) is 5.10 Å². The van der Waals surface area contributed by atoms with E-state index in [1.165, 1.54) is 0 Å². The Balaban J connectivity index is 1.87. The van der Waals surface area contributed by atoms with Crippen molar-refractivity contribution in [3.05, 3.63) is 35.8 Å². The maximum atomic E-state index is 9.75. The predicted octanol–water partition coefficient (Wildman–Crippen LogP) is 1.29. The first kappa shape index (κ1) is 9.59. The van der Waals surface area contributed by atoms with Gasteiger partial charge >= 0.3 is 0 Å². The molecule has 0 amide bonds. The van der Waals surface area contributed by atoms with Gasteiger partial charge in [-0.05, 0) is 25.0 Å². The van der Waals surface area contributed by atoms with Crippen LogP contribution < -0.4 is 0 Å². The quantitative estimate of drug-likeness (QED) is 0.826. The van der Waals surface area contributed by atoms with Crippen molar-refractivity contribution >= 4 is 0 Å². The van der Waals surface area contributed by atoms with Gasteiger partial charge in [0.1, 0.15) is 11.9 Å². The highest BCUT2D eigenvalue weighted by Gasteiger charge is 2.22. The average Bonchev–Trinajstić information content (AvgIpc) is 2.88. The molecule has 1 aliphatic heterocycles. The Kier molecular flexibility index (Phi) is 2.25. The van der Waals surface area contributed by atoms with Crippen LogP contribution in [0.25, 0.3) is 0 Å². The highest BCUT2D eigenvalue weighted by molar-refractivity contribution is 5.08. The van der Waals surface area contributed by atoms with E-state index >= 15 is 0 Å². The summed E-state index contributed by atoms with van der Waals surface area (Å²) in [6, 6.07) is 3.75. The number of aliphatic hydroxyl groups excluding tert-OH is 1. The minimum absolute atomic E-state index is 0.466. The van der Waals surface area contributed by atoms with Gasteiger partial charge < -0.3 is 9.52 Å². The Morgan fingerprint density at radius 3 is 3.25 bits per heavy atom. The number of rotatable bonds is 2. The number of aliphatic hydroxyl groups is 1. The lowest BCUT2D eigenvalue weighted by Crippen LogP contribution is -2.16. The van der Waals surface area contributed by atoms with Crippen molar-refractivity contribution in [1.82, 2.24) is 14.8 Å². The monoisotopic (exact) mass is 219 g/mol. The number of fused-ring (bicyclic) bond motifs is 1. The lowest BCUT2D eigenvalue weighted by molar-refractivity contribution is 0.130. The van der Waals surface area contributed by atoms with Gasteiger partial charge in [0.25, 0.3) is 0 Å². The van der Waals surface area contributed by atoms with Crippen molar-refractivity contribution < 1.29 is 9.52 Å². The van der Waals surface area contributed by atoms with Crippen molar-refractivity contribution in [2.24, 2.45) is 0 Å². The van der Waals surface area contributed by atoms with Crippen molar-refractivity contribution in [3.63, 3.8) is 0 Å². The number of hydrogen-bond acceptors (Lipinski definition) is 4. The molecule has 5 heteroatoms. The van der Waals surface area contributed by atoms with Gasteiger partial charge in [0, 0.05) is 6.54 Å². The first-order valence-electron chi connectivity index (χ1n) is 5.47. The average molecular weight is 219 g/mol. The summed E-state index contributed by atoms with van der Waals surface area (Å²) in [5.74, 6) is 2.25. The van der Waals surface area contributed by atoms with Crippen LogP contribution in [0.3, 0.4) is 0 Å². The molecule has 0 spiro atoms. The molecular weight excluding hydrogens is 206 g/mol. The van der Waals surface area contributed by atoms with Crippen molar-refractivity contribution in [2.45, 2.75) is 31.9 Å². The predicted molar refractivity (Wildman–Crippen MR) is 55.7 cm³/mol. The standard InChI is InChI=1S/C11H13N3O2/c15-9-4-1-5-14-11(9)12-10(13-14)7-8-3-2-6-16-8/h2-3,6,9,15H,1,4-5,7H2. The molecule has 0 bridgehead atoms. The molecule has 16 heavy (non-hydrogen) atoms. The highest BCUT2D eigenvalue weighted by atomic mass is 16.3. The number of furan rings is 1. The molecule has 2 aromatic rings. The van der Waals surface area contributed by atoms with Crippen LogP contribution in [0, 0.1) is 0 Å². The summed E-state index contributed by atoms with van der Waals surface area (Å²) in [4.78, 5) is 4.35. The zero-order valence-corrected chi connectivity index (χ0v) is 8.83. The van der Waals surface area contributed by atoms with E-state index in [9.17, 15) is 5.11 Å². The molecule has 5 nitrogen and oxygen atoms in total. The molecule has 0 saturated carbocycles. The highest BCUT2D eigenvalue weighted by Crippen LogP contribution is 2.22. The third-order valence-electron chi connectivity index (χ3n) is 2.80. The third kappa shape index (κ3) is 1.63. The van der Waals surface area contributed by atoms with Gasteiger partial charge in [-0.1, -0.05) is 0 Å². The van der Waals surface area contributed by atoms with E-state index in [-0.39, 0.29) is 0 Å². The second kappa shape index (κ2) is 3.75. The Bertz CT molecular complexity index is 475. The fraction of sp³-hybridized carbons (Fsp3) is 0.455. The third-order valence-corrected chi connectivity index (χ3v) is 2.80. The molecule has 0 aliphatic carbocycles. The molecule has 1 N–H and O–H groups in total. The van der Waals surface area contributed by atoms with Crippen LogP contribution in [0.4, 0.5) is 0 Å². The van der Waals surface area contributed by atoms with E-state index in [0.717, 1.165) is 25.1 Å². The van der Waals surface area contributed by atoms with Gasteiger partial charge in [-0.15, -0.1) is 0 Å². The van der Waals surface area contributed by atoms with Crippen molar-refractivity contribution in [1.29, 1.82) is 0 Å². The maximum Gasteiger partial charge on any atom is 0.158 e. The molecule has 0 radical (unpaired) electrons. The van der Waals surface area contributed by atoms with Gasteiger partial charge in [0.2, 0.25) is 0 Å². The van der Waals surface area contributed by atoms with E-state index < -0.39 is 6.10 Å². The van der Waals surface area contributed by atoms with Gasteiger partial charge in [0.15, 0.2) is 11.6 Å². The summed E-state index contributed by atoms with van der Waals surface area (Å²) in [6.45, 7) is 0.845. The van der Waals surface area contributed by atoms with Gasteiger partial charge in [-0.3, -0.25) is 0 Å². The summed E-state index contributed by atoms with van der Waals surface area (Å²) < 4.78 is 7.04. The first-order valence-corrected chi connectivity index (χ1v) is 5.47. The fourth-order valence-electron chi connectivity index (χ4n) is 2.02. The van der Waals surface area contributed by atoms with Crippen LogP contribution in [-0.2, 0) is 13.0 Å². The smallest absolute Gasteiger partial charge is 0.158 e. The minimum Gasteiger partial charge on any atom is -0.469 e. The molecule has 0 fully saturated rings. The van der Waals surface area contributed by atoms with Crippen LogP contribution in [0.1, 0.15) is 36.4 Å². The Morgan fingerprint density at radius 2 is 2.50 bits per heavy atom. The number of aromatic nitrogens is 3. The number of nitrogens with zero attached hydrogens (tertiary/aromatic N) is 3. The molecular formula is C11H13N3O2. The summed E-state index contributed by atoms with van der Waals surface area (Å²) in [5, 5.41) is 14.1. The molecule has 3 heterocycles. The summed E-state index contributed by atoms with van der Waals surface area (Å²) >= 11 is 0. The molecule has 2 aromatic heterocycles. The molecule has 0 aromatic carbocycles. The molecule has 1 atom stereocenters. The van der Waals surface area contributed by atoms with Crippen LogP contribution >= 0.6 is 0 Å². The zero-order chi connectivity index (χ0) is 11.0. The van der Waals surface area contributed by atoms with E-state index in [2.05, 4.69) is 10.1 Å². The van der Waals surface area contributed by atoms with Crippen molar-refractivity contribution in [2.75, 3.05) is 0 Å². The Hall–Kier alpha value is -1.62. The van der Waals surface area contributed by atoms with Crippen molar-refractivity contribution in [3.8, 4) is 0 Å². The van der Waals surface area contributed by atoms with Crippen LogP contribution in [0.15, 0.2) is 22.8 Å². The molecule has 1 unspecified atom stereocenters. The maximum absolute atomic E-state index is 9.75. The number of aryl methyl sites for hydroxylation is 1. The lowest BCUT2D eigenvalue weighted by Gasteiger charge is -2.16. The normalized spacial score (nSPS) is 19.7. The fourth-order valence-corrected chi connectivity index (χ4v) is 2.02. The molecule has 3 rings (SSSR count). The summed E-state index contributed by atoms with van der Waals surface area (Å²) in [5.41, 5.74) is 0. The Morgan fingerprint density at radius 1 is 1.56 bits per heavy atom. The van der Waals surface area contributed by atoms with Gasteiger partial charge in [-0.25, -0.2) is 9.67 Å². The SMILES string of the molecule is OC1CCCn2nc(Cc3ccco3)nc21. The minimum atomic E-state index is -0.466. The lowest BCUT2D eigenvalue weighted by atomic mass is 10.1. The second-order valence-electron chi connectivity index (χ2n) is 4.02. The van der Waals surface area contributed by atoms with E-state index in [1.807, 2.05) is 12.1 Å². The summed E-state index contributed by atoms with van der Waals surface area (Å²) in [7, 11) is 0. The largest absolute Gasteiger partial charge is 0.469 e. The van der Waals surface area contributed by atoms with Crippen LogP contribution in [0.2, 0.25) is 0 Å². The van der Waals surface area contributed by atoms with E-state index in [0.29, 0.717) is 18.1 Å². The Labute approximate surface area is 92.7 Å². The molecule has 84 valence electrons. The van der Waals surface area contributed by atoms with Crippen LogP contribution in [-0.4, -0.2) is 19.9 Å². The first-order chi connectivity index (χ1) is 7.83. The van der Waals surface area contributed by atoms with Crippen LogP contribution in [0.5, 0.6) is 0 Å². The van der Waals surface area contributed by atoms with E-state index in [1.54, 1.807) is 10.9 Å². The molecule has 1 aliphatic rings. The van der Waals surface area contributed by atoms with E-state index in [4.69, 9.17) is 4.42 Å². The summed E-state index contributed by atoms with van der Waals surface area (Å²) in [6.07, 6.45) is 3.49. The number of hydrogen-bond donors (Lipinski definition) is 1. The topological polar surface area (TPSA) is 64.1 Å². The molecule has 0 saturated heterocycles. The van der Waals surface area contributed by atoms with Gasteiger partial charge in [0.05, 0.1) is 12.7 Å². The second-order valence-corrected chi connectivity index (χ2v) is 4.02. The zero-order valence-electron chi connectivity index (χ0n) is 8.83.